The third kappa shape index (κ3) is 5.45. The molecule has 1 aliphatic rings. The fourth-order valence-electron chi connectivity index (χ4n) is 3.50. The van der Waals surface area contributed by atoms with Crippen LogP contribution in [0.2, 0.25) is 0 Å². The Balaban J connectivity index is 1.85. The first-order valence-electron chi connectivity index (χ1n) is 9.08. The van der Waals surface area contributed by atoms with E-state index in [0.717, 1.165) is 0 Å². The average Bonchev–Trinajstić information content (AvgIpc) is 2.65. The highest BCUT2D eigenvalue weighted by Crippen LogP contribution is 2.33. The van der Waals surface area contributed by atoms with E-state index in [1.54, 1.807) is 19.1 Å². The van der Waals surface area contributed by atoms with Gasteiger partial charge in [-0.15, -0.1) is 0 Å². The molecule has 2 aromatic rings. The number of anilines is 1. The predicted molar refractivity (Wildman–Crippen MR) is 97.1 cm³/mol. The molecule has 0 saturated carbocycles. The molecule has 1 aromatic carbocycles. The minimum absolute atomic E-state index is 0.0177. The first kappa shape index (κ1) is 21.1. The van der Waals surface area contributed by atoms with Crippen molar-refractivity contribution in [2.75, 3.05) is 24.5 Å². The van der Waals surface area contributed by atoms with Gasteiger partial charge in [0.15, 0.2) is 0 Å². The number of benzene rings is 1. The molecule has 1 atom stereocenters. The molecule has 1 saturated heterocycles. The zero-order chi connectivity index (χ0) is 21.2. The van der Waals surface area contributed by atoms with Gasteiger partial charge in [0.25, 0.3) is 0 Å². The topological polar surface area (TPSA) is 54.5 Å². The molecule has 3 rings (SSSR count). The molecule has 1 aliphatic heterocycles. The Bertz CT molecular complexity index is 888. The number of amides is 1. The Hall–Kier alpha value is -2.65. The second-order valence-electron chi connectivity index (χ2n) is 6.96. The van der Waals surface area contributed by atoms with Crippen molar-refractivity contribution in [1.29, 1.82) is 0 Å². The van der Waals surface area contributed by atoms with Crippen LogP contribution in [0, 0.1) is 12.8 Å². The van der Waals surface area contributed by atoms with Crippen molar-refractivity contribution in [3.05, 3.63) is 30.0 Å². The Kier molecular flexibility index (Phi) is 6.09. The lowest BCUT2D eigenvalue weighted by atomic mass is 9.96. The molecule has 1 unspecified atom stereocenters. The van der Waals surface area contributed by atoms with E-state index in [4.69, 9.17) is 0 Å². The van der Waals surface area contributed by atoms with Crippen molar-refractivity contribution >= 4 is 22.5 Å². The number of aryl methyl sites for hydroxylation is 1. The molecule has 10 heteroatoms. The molecule has 1 aromatic heterocycles. The van der Waals surface area contributed by atoms with Crippen molar-refractivity contribution in [2.45, 2.75) is 32.6 Å². The van der Waals surface area contributed by atoms with Crippen LogP contribution in [-0.4, -0.2) is 43.3 Å². The van der Waals surface area contributed by atoms with Gasteiger partial charge in [-0.1, -0.05) is 0 Å². The lowest BCUT2D eigenvalue weighted by Crippen LogP contribution is -2.45. The van der Waals surface area contributed by atoms with Gasteiger partial charge in [-0.25, -0.2) is 0 Å². The van der Waals surface area contributed by atoms with Gasteiger partial charge in [-0.05, 0) is 44.0 Å². The number of halogens is 5. The summed E-state index contributed by atoms with van der Waals surface area (Å²) < 4.78 is 66.7. The van der Waals surface area contributed by atoms with Crippen LogP contribution in [0.1, 0.15) is 18.5 Å². The molecule has 158 valence electrons. The van der Waals surface area contributed by atoms with Gasteiger partial charge in [0.1, 0.15) is 12.3 Å². The van der Waals surface area contributed by atoms with Crippen molar-refractivity contribution in [3.63, 3.8) is 0 Å². The number of pyridine rings is 1. The van der Waals surface area contributed by atoms with E-state index in [0.29, 0.717) is 41.7 Å². The SMILES string of the molecule is Cc1cc(N2CCCC(C(=O)NCC(F)(F)F)C2)c2cc(OC(F)F)ccc2n1. The quantitative estimate of drug-likeness (QED) is 0.747. The van der Waals surface area contributed by atoms with Gasteiger partial charge in [0.05, 0.1) is 11.4 Å². The number of hydrogen-bond acceptors (Lipinski definition) is 4. The lowest BCUT2D eigenvalue weighted by Gasteiger charge is -2.34. The van der Waals surface area contributed by atoms with E-state index in [1.165, 1.54) is 12.1 Å². The average molecular weight is 417 g/mol. The Labute approximate surface area is 163 Å². The van der Waals surface area contributed by atoms with Crippen molar-refractivity contribution < 1.29 is 31.5 Å². The van der Waals surface area contributed by atoms with Gasteiger partial charge in [-0.3, -0.25) is 9.78 Å². The molecule has 2 heterocycles. The highest BCUT2D eigenvalue weighted by atomic mass is 19.4. The first-order chi connectivity index (χ1) is 13.6. The van der Waals surface area contributed by atoms with Crippen LogP contribution < -0.4 is 15.0 Å². The standard InChI is InChI=1S/C19H20F5N3O2/c1-11-7-16(14-8-13(29-18(20)21)4-5-15(14)26-11)27-6-2-3-12(9-27)17(28)25-10-19(22,23)24/h4-5,7-8,12,18H,2-3,6,9-10H2,1H3,(H,25,28). The minimum atomic E-state index is -4.47. The second-order valence-corrected chi connectivity index (χ2v) is 6.96. The van der Waals surface area contributed by atoms with E-state index in [1.807, 2.05) is 10.2 Å². The first-order valence-corrected chi connectivity index (χ1v) is 9.08. The molecular formula is C19H20F5N3O2. The van der Waals surface area contributed by atoms with Crippen LogP contribution in [0.4, 0.5) is 27.6 Å². The van der Waals surface area contributed by atoms with Gasteiger partial charge >= 0.3 is 12.8 Å². The van der Waals surface area contributed by atoms with Crippen LogP contribution >= 0.6 is 0 Å². The molecule has 5 nitrogen and oxygen atoms in total. The number of hydrogen-bond donors (Lipinski definition) is 1. The maximum Gasteiger partial charge on any atom is 0.405 e. The summed E-state index contributed by atoms with van der Waals surface area (Å²) in [5.74, 6) is -1.27. The molecule has 0 spiro atoms. The molecule has 0 radical (unpaired) electrons. The van der Waals surface area contributed by atoms with E-state index in [-0.39, 0.29) is 12.3 Å². The lowest BCUT2D eigenvalue weighted by molar-refractivity contribution is -0.140. The fourth-order valence-corrected chi connectivity index (χ4v) is 3.50. The third-order valence-corrected chi connectivity index (χ3v) is 4.71. The monoisotopic (exact) mass is 417 g/mol. The van der Waals surface area contributed by atoms with Crippen molar-refractivity contribution in [2.24, 2.45) is 5.92 Å². The normalized spacial score (nSPS) is 17.6. The number of ether oxygens (including phenoxy) is 1. The number of carbonyl (C=O) groups is 1. The van der Waals surface area contributed by atoms with Gasteiger partial charge in [-0.2, -0.15) is 22.0 Å². The zero-order valence-electron chi connectivity index (χ0n) is 15.6. The Morgan fingerprint density at radius 3 is 2.79 bits per heavy atom. The number of nitrogens with zero attached hydrogens (tertiary/aromatic N) is 2. The third-order valence-electron chi connectivity index (χ3n) is 4.71. The summed E-state index contributed by atoms with van der Waals surface area (Å²) in [5, 5.41) is 2.51. The van der Waals surface area contributed by atoms with Crippen LogP contribution in [0.15, 0.2) is 24.3 Å². The van der Waals surface area contributed by atoms with Crippen LogP contribution in [-0.2, 0) is 4.79 Å². The summed E-state index contributed by atoms with van der Waals surface area (Å²) in [5.41, 5.74) is 1.95. The molecule has 1 fully saturated rings. The summed E-state index contributed by atoms with van der Waals surface area (Å²) in [4.78, 5) is 18.4. The fraction of sp³-hybridized carbons (Fsp3) is 0.474. The zero-order valence-corrected chi connectivity index (χ0v) is 15.6. The molecule has 1 N–H and O–H groups in total. The summed E-state index contributed by atoms with van der Waals surface area (Å²) >= 11 is 0. The van der Waals surface area contributed by atoms with E-state index >= 15 is 0 Å². The maximum absolute atomic E-state index is 12.6. The summed E-state index contributed by atoms with van der Waals surface area (Å²) in [6, 6.07) is 6.19. The second kappa shape index (κ2) is 8.38. The maximum atomic E-state index is 12.6. The summed E-state index contributed by atoms with van der Waals surface area (Å²) in [7, 11) is 0. The van der Waals surface area contributed by atoms with Crippen molar-refractivity contribution in [1.82, 2.24) is 10.3 Å². The highest BCUT2D eigenvalue weighted by molar-refractivity contribution is 5.93. The number of nitrogens with one attached hydrogen (secondary N) is 1. The Morgan fingerprint density at radius 1 is 1.34 bits per heavy atom. The molecule has 0 bridgehead atoms. The number of alkyl halides is 5. The van der Waals surface area contributed by atoms with Gasteiger partial charge in [0, 0.05) is 29.9 Å². The van der Waals surface area contributed by atoms with Gasteiger partial charge < -0.3 is 15.0 Å². The molecule has 1 amide bonds. The number of fused-ring (bicyclic) bond motifs is 1. The number of aromatic nitrogens is 1. The summed E-state index contributed by atoms with van der Waals surface area (Å²) in [6.07, 6.45) is -3.38. The van der Waals surface area contributed by atoms with E-state index in [2.05, 4.69) is 9.72 Å². The van der Waals surface area contributed by atoms with Gasteiger partial charge in [0.2, 0.25) is 5.91 Å². The van der Waals surface area contributed by atoms with E-state index < -0.39 is 31.2 Å². The molecule has 29 heavy (non-hydrogen) atoms. The number of carbonyl (C=O) groups excluding carboxylic acids is 1. The number of piperidine rings is 1. The molecule has 0 aliphatic carbocycles. The summed E-state index contributed by atoms with van der Waals surface area (Å²) in [6.45, 7) is -1.74. The highest BCUT2D eigenvalue weighted by Gasteiger charge is 2.32. The smallest absolute Gasteiger partial charge is 0.405 e. The molecular weight excluding hydrogens is 397 g/mol. The minimum Gasteiger partial charge on any atom is -0.435 e. The van der Waals surface area contributed by atoms with Crippen LogP contribution in [0.5, 0.6) is 5.75 Å². The predicted octanol–water partition coefficient (Wildman–Crippen LogP) is 4.04. The van der Waals surface area contributed by atoms with Crippen LogP contribution in [0.25, 0.3) is 10.9 Å². The largest absolute Gasteiger partial charge is 0.435 e. The van der Waals surface area contributed by atoms with Crippen molar-refractivity contribution in [3.8, 4) is 5.75 Å². The number of rotatable bonds is 5. The Morgan fingerprint density at radius 2 is 2.10 bits per heavy atom. The van der Waals surface area contributed by atoms with E-state index in [9.17, 15) is 26.7 Å². The van der Waals surface area contributed by atoms with Crippen LogP contribution in [0.3, 0.4) is 0 Å².